The molecule has 0 aromatic heterocycles. The van der Waals surface area contributed by atoms with Crippen molar-refractivity contribution in [1.82, 2.24) is 0 Å². The van der Waals surface area contributed by atoms with Gasteiger partial charge in [-0.1, -0.05) is 26.0 Å². The van der Waals surface area contributed by atoms with Crippen LogP contribution in [-0.4, -0.2) is 216 Å². The Morgan fingerprint density at radius 2 is 1.30 bits per heavy atom. The van der Waals surface area contributed by atoms with Crippen molar-refractivity contribution in [2.75, 3.05) is 33.7 Å². The van der Waals surface area contributed by atoms with Crippen LogP contribution in [0.2, 0.25) is 0 Å². The summed E-state index contributed by atoms with van der Waals surface area (Å²) in [4.78, 5) is 26.4. The third-order valence-electron chi connectivity index (χ3n) is 20.5. The average molecular weight is 1140 g/mol. The number of carbonyl (C=O) groups excluding carboxylic acids is 2. The fraction of sp³-hybridized carbons (Fsp3) is 0.860. The minimum absolute atomic E-state index is 0.0393. The lowest BCUT2D eigenvalue weighted by Gasteiger charge is -2.66. The van der Waals surface area contributed by atoms with Crippen molar-refractivity contribution < 1.29 is 107 Å². The number of carbonyl (C=O) groups is 2. The number of esters is 2. The van der Waals surface area contributed by atoms with Gasteiger partial charge in [-0.05, 0) is 114 Å². The van der Waals surface area contributed by atoms with Crippen LogP contribution < -0.4 is 5.73 Å². The number of aliphatic hydroxyl groups excluding tert-OH is 5. The molecule has 1 aromatic rings. The molecule has 4 aliphatic heterocycles. The molecule has 9 rings (SSSR count). The van der Waals surface area contributed by atoms with Crippen LogP contribution in [0.1, 0.15) is 123 Å². The molecule has 8 fully saturated rings. The van der Waals surface area contributed by atoms with E-state index in [0.29, 0.717) is 19.3 Å². The Morgan fingerprint density at radius 3 is 1.93 bits per heavy atom. The molecule has 4 saturated heterocycles. The van der Waals surface area contributed by atoms with E-state index in [-0.39, 0.29) is 59.8 Å². The number of ether oxygens (including phenoxy) is 13. The highest BCUT2D eigenvalue weighted by Gasteiger charge is 2.77. The summed E-state index contributed by atoms with van der Waals surface area (Å²) in [5.74, 6) is -1.23. The largest absolute Gasteiger partial charge is 0.462 e. The average Bonchev–Trinajstić information content (AvgIpc) is 3.91. The minimum atomic E-state index is -1.73. The fourth-order valence-electron chi connectivity index (χ4n) is 15.8. The summed E-state index contributed by atoms with van der Waals surface area (Å²) in [6.07, 6.45) is -14.8. The fourth-order valence-corrected chi connectivity index (χ4v) is 15.8. The van der Waals surface area contributed by atoms with Crippen LogP contribution in [0.3, 0.4) is 0 Å². The van der Waals surface area contributed by atoms with E-state index >= 15 is 0 Å². The number of hydrogen-bond acceptors (Lipinski definition) is 23. The molecule has 0 radical (unpaired) electrons. The number of benzene rings is 1. The van der Waals surface area contributed by atoms with E-state index in [1.54, 1.807) is 66.2 Å². The van der Waals surface area contributed by atoms with Crippen molar-refractivity contribution in [3.05, 3.63) is 29.8 Å². The zero-order valence-corrected chi connectivity index (χ0v) is 47.8. The molecule has 8 aliphatic rings. The van der Waals surface area contributed by atoms with E-state index in [1.807, 2.05) is 6.92 Å². The van der Waals surface area contributed by atoms with Gasteiger partial charge in [0.2, 0.25) is 0 Å². The minimum Gasteiger partial charge on any atom is -0.462 e. The Hall–Kier alpha value is -2.76. The maximum Gasteiger partial charge on any atom is 0.340 e. The molecule has 28 unspecified atom stereocenters. The molecule has 23 nitrogen and oxygen atoms in total. The van der Waals surface area contributed by atoms with Gasteiger partial charge < -0.3 is 103 Å². The number of para-hydroxylation sites is 1. The van der Waals surface area contributed by atoms with Gasteiger partial charge >= 0.3 is 11.9 Å². The maximum absolute atomic E-state index is 13.4. The van der Waals surface area contributed by atoms with Crippen molar-refractivity contribution >= 4 is 17.6 Å². The van der Waals surface area contributed by atoms with E-state index in [4.69, 9.17) is 67.3 Å². The normalized spacial score (nSPS) is 48.9. The summed E-state index contributed by atoms with van der Waals surface area (Å²) in [7, 11) is 4.54. The quantitative estimate of drug-likeness (QED) is 0.0667. The van der Waals surface area contributed by atoms with Gasteiger partial charge in [-0.15, -0.1) is 0 Å². The monoisotopic (exact) mass is 1140 g/mol. The number of methoxy groups -OCH3 is 3. The maximum atomic E-state index is 13.4. The molecule has 28 atom stereocenters. The number of fused-ring (bicyclic) bond motifs is 5. The SMILES string of the molecule is COC1CC(OC2CCC3(C)C(CCC4C3CC(OC(C)=O)C3(C)C(O)(C(C)OC(=O)c5ccccc5N)CCC43O)C2)OC(C)C1OC1CC(OC)C(OC2OC(C)C(OC3OC(CO)C(O)C(O)C3O)C(OC)C2O)C(C)O1. The van der Waals surface area contributed by atoms with Gasteiger partial charge in [0, 0.05) is 46.8 Å². The second kappa shape index (κ2) is 24.3. The summed E-state index contributed by atoms with van der Waals surface area (Å²) < 4.78 is 80.3. The van der Waals surface area contributed by atoms with Crippen LogP contribution in [0.25, 0.3) is 0 Å². The van der Waals surface area contributed by atoms with Gasteiger partial charge in [0.1, 0.15) is 72.7 Å². The lowest BCUT2D eigenvalue weighted by atomic mass is 9.42. The Morgan fingerprint density at radius 1 is 0.688 bits per heavy atom. The third kappa shape index (κ3) is 11.0. The zero-order chi connectivity index (χ0) is 58.0. The highest BCUT2D eigenvalue weighted by molar-refractivity contribution is 5.95. The number of rotatable bonds is 16. The van der Waals surface area contributed by atoms with Gasteiger partial charge in [-0.3, -0.25) is 4.79 Å². The van der Waals surface area contributed by atoms with Gasteiger partial charge in [0.15, 0.2) is 25.2 Å². The molecule has 0 spiro atoms. The van der Waals surface area contributed by atoms with Crippen LogP contribution in [0.4, 0.5) is 5.69 Å². The highest BCUT2D eigenvalue weighted by atomic mass is 16.8. The van der Waals surface area contributed by atoms with E-state index in [0.717, 1.165) is 25.7 Å². The molecular formula is C57H89NO22. The van der Waals surface area contributed by atoms with Crippen molar-refractivity contribution in [2.24, 2.45) is 28.6 Å². The smallest absolute Gasteiger partial charge is 0.340 e. The molecule has 4 heterocycles. The molecule has 4 saturated carbocycles. The summed E-state index contributed by atoms with van der Waals surface area (Å²) in [5.41, 5.74) is 1.75. The summed E-state index contributed by atoms with van der Waals surface area (Å²) in [5, 5.41) is 78.4. The van der Waals surface area contributed by atoms with E-state index in [1.165, 1.54) is 14.0 Å². The number of hydrogen-bond donors (Lipinski definition) is 8. The summed E-state index contributed by atoms with van der Waals surface area (Å²) in [6.45, 7) is 11.8. The van der Waals surface area contributed by atoms with Gasteiger partial charge in [-0.2, -0.15) is 0 Å². The Kier molecular flexibility index (Phi) is 18.8. The first-order valence-corrected chi connectivity index (χ1v) is 28.7. The van der Waals surface area contributed by atoms with Crippen molar-refractivity contribution in [3.8, 4) is 0 Å². The van der Waals surface area contributed by atoms with Gasteiger partial charge in [0.25, 0.3) is 0 Å². The molecular weight excluding hydrogens is 1050 g/mol. The number of nitrogen functional groups attached to an aromatic ring is 1. The Balaban J connectivity index is 0.794. The van der Waals surface area contributed by atoms with Crippen LogP contribution in [0.15, 0.2) is 24.3 Å². The molecule has 4 aliphatic carbocycles. The summed E-state index contributed by atoms with van der Waals surface area (Å²) in [6, 6.07) is 6.57. The molecule has 1 aromatic carbocycles. The van der Waals surface area contributed by atoms with Crippen molar-refractivity contribution in [3.63, 3.8) is 0 Å². The van der Waals surface area contributed by atoms with Crippen LogP contribution in [0, 0.1) is 28.6 Å². The van der Waals surface area contributed by atoms with E-state index in [2.05, 4.69) is 6.92 Å². The van der Waals surface area contributed by atoms with E-state index in [9.17, 15) is 45.3 Å². The zero-order valence-electron chi connectivity index (χ0n) is 47.8. The van der Waals surface area contributed by atoms with Crippen molar-refractivity contribution in [1.29, 1.82) is 0 Å². The topological polar surface area (TPSA) is 322 Å². The second-order valence-corrected chi connectivity index (χ2v) is 24.5. The van der Waals surface area contributed by atoms with Crippen molar-refractivity contribution in [2.45, 2.75) is 253 Å². The van der Waals surface area contributed by atoms with Crippen LogP contribution >= 0.6 is 0 Å². The standard InChI is InChI=1S/C57H89NO22/c1-26-47(78-42-24-38(69-9)48(27(2)72-42)79-53-46(64)50(70-10)49(28(3)73-53)80-52-45(63)44(62)43(61)39(25-59)77-52)37(68-8)23-41(71-26)76-32-17-18-54(6)31(21-32)15-16-34-35(54)22-40(75-30(5)60)55(7)56(66,19-20-57(34,55)67)29(4)74-51(65)33-13-11-12-14-36(33)58/h11-14,26-29,31-32,34-35,37-50,52-53,59,61-64,66-67H,15-25,58H2,1-10H3. The van der Waals surface area contributed by atoms with Gasteiger partial charge in [-0.25, -0.2) is 4.79 Å². The van der Waals surface area contributed by atoms with Crippen LogP contribution in [-0.2, 0) is 66.4 Å². The third-order valence-corrected chi connectivity index (χ3v) is 20.5. The van der Waals surface area contributed by atoms with Gasteiger partial charge in [0.05, 0.1) is 59.8 Å². The lowest BCUT2D eigenvalue weighted by molar-refractivity contribution is -0.373. The number of nitrogens with two attached hydrogens (primary N) is 1. The van der Waals surface area contributed by atoms with E-state index < -0.39 is 158 Å². The molecule has 23 heteroatoms. The Labute approximate surface area is 468 Å². The van der Waals surface area contributed by atoms with Crippen LogP contribution in [0.5, 0.6) is 0 Å². The molecule has 454 valence electrons. The second-order valence-electron chi connectivity index (χ2n) is 24.5. The number of anilines is 1. The summed E-state index contributed by atoms with van der Waals surface area (Å²) >= 11 is 0. The molecule has 9 N–H and O–H groups in total. The first-order valence-electron chi connectivity index (χ1n) is 28.7. The first kappa shape index (κ1) is 61.8. The first-order chi connectivity index (χ1) is 37.9. The predicted molar refractivity (Wildman–Crippen MR) is 279 cm³/mol. The lowest BCUT2D eigenvalue weighted by Crippen LogP contribution is -2.72. The molecule has 0 bridgehead atoms. The molecule has 0 amide bonds. The Bertz CT molecular complexity index is 2280. The predicted octanol–water partition coefficient (Wildman–Crippen LogP) is 2.01. The molecule has 80 heavy (non-hydrogen) atoms. The highest BCUT2D eigenvalue weighted by Crippen LogP contribution is 2.71. The number of aliphatic hydroxyl groups is 7.